The number of benzene rings is 4. The SMILES string of the molecule is O=C(N/N=C\c1ccccc1OCc1cccc2ccccc12)c1ccc(I)cc1. The third-order valence-corrected chi connectivity index (χ3v) is 5.38. The number of nitrogens with one attached hydrogen (secondary N) is 1. The molecule has 0 aliphatic carbocycles. The Morgan fingerprint density at radius 2 is 1.63 bits per heavy atom. The van der Waals surface area contributed by atoms with E-state index in [4.69, 9.17) is 4.74 Å². The largest absolute Gasteiger partial charge is 0.488 e. The number of hydrazone groups is 1. The first kappa shape index (κ1) is 20.1. The van der Waals surface area contributed by atoms with E-state index < -0.39 is 0 Å². The number of rotatable bonds is 6. The Kier molecular flexibility index (Phi) is 6.39. The molecular weight excluding hydrogens is 487 g/mol. The second kappa shape index (κ2) is 9.54. The van der Waals surface area contributed by atoms with Gasteiger partial charge in [-0.3, -0.25) is 4.79 Å². The van der Waals surface area contributed by atoms with Crippen molar-refractivity contribution in [2.24, 2.45) is 5.10 Å². The second-order valence-corrected chi connectivity index (χ2v) is 7.92. The zero-order valence-corrected chi connectivity index (χ0v) is 18.2. The Bertz CT molecular complexity index is 1200. The standard InChI is InChI=1S/C25H19IN2O2/c26-22-14-12-19(13-15-22)25(29)28-27-16-20-7-2-4-11-24(20)30-17-21-9-5-8-18-6-1-3-10-23(18)21/h1-16H,17H2,(H,28,29)/b27-16-. The zero-order valence-electron chi connectivity index (χ0n) is 16.1. The summed E-state index contributed by atoms with van der Waals surface area (Å²) in [6.45, 7) is 0.446. The minimum Gasteiger partial charge on any atom is -0.488 e. The Hall–Kier alpha value is -3.19. The van der Waals surface area contributed by atoms with Crippen LogP contribution >= 0.6 is 22.6 Å². The number of carbonyl (C=O) groups is 1. The maximum Gasteiger partial charge on any atom is 0.271 e. The summed E-state index contributed by atoms with van der Waals surface area (Å²) in [5.41, 5.74) is 5.04. The first-order chi connectivity index (χ1) is 14.7. The molecule has 0 aliphatic rings. The third kappa shape index (κ3) is 4.86. The minimum absolute atomic E-state index is 0.253. The summed E-state index contributed by atoms with van der Waals surface area (Å²) in [5, 5.41) is 6.46. The number of hydrogen-bond donors (Lipinski definition) is 1. The minimum atomic E-state index is -0.253. The molecule has 30 heavy (non-hydrogen) atoms. The fourth-order valence-corrected chi connectivity index (χ4v) is 3.48. The molecule has 0 radical (unpaired) electrons. The fraction of sp³-hybridized carbons (Fsp3) is 0.0400. The van der Waals surface area contributed by atoms with Crippen molar-refractivity contribution >= 4 is 45.5 Å². The van der Waals surface area contributed by atoms with E-state index in [2.05, 4.69) is 57.4 Å². The monoisotopic (exact) mass is 506 g/mol. The normalized spacial score (nSPS) is 11.0. The summed E-state index contributed by atoms with van der Waals surface area (Å²) in [7, 11) is 0. The molecule has 0 unspecified atom stereocenters. The number of halogens is 1. The molecule has 0 spiro atoms. The molecule has 4 rings (SSSR count). The highest BCUT2D eigenvalue weighted by Gasteiger charge is 2.06. The molecule has 0 atom stereocenters. The number of hydrogen-bond acceptors (Lipinski definition) is 3. The molecule has 0 fully saturated rings. The van der Waals surface area contributed by atoms with Crippen molar-refractivity contribution in [2.75, 3.05) is 0 Å². The topological polar surface area (TPSA) is 50.7 Å². The van der Waals surface area contributed by atoms with Crippen molar-refractivity contribution in [1.29, 1.82) is 0 Å². The van der Waals surface area contributed by atoms with Crippen molar-refractivity contribution in [3.63, 3.8) is 0 Å². The molecule has 0 bridgehead atoms. The second-order valence-electron chi connectivity index (χ2n) is 6.67. The average Bonchev–Trinajstić information content (AvgIpc) is 2.79. The predicted octanol–water partition coefficient (Wildman–Crippen LogP) is 5.79. The van der Waals surface area contributed by atoms with Gasteiger partial charge < -0.3 is 4.74 Å². The van der Waals surface area contributed by atoms with Crippen molar-refractivity contribution in [1.82, 2.24) is 5.43 Å². The van der Waals surface area contributed by atoms with Crippen LogP contribution < -0.4 is 10.2 Å². The van der Waals surface area contributed by atoms with Gasteiger partial charge >= 0.3 is 0 Å². The van der Waals surface area contributed by atoms with Crippen LogP contribution in [0, 0.1) is 3.57 Å². The predicted molar refractivity (Wildman–Crippen MR) is 129 cm³/mol. The summed E-state index contributed by atoms with van der Waals surface area (Å²) in [5.74, 6) is 0.453. The van der Waals surface area contributed by atoms with E-state index >= 15 is 0 Å². The van der Waals surface area contributed by atoms with Gasteiger partial charge in [0.05, 0.1) is 6.21 Å². The van der Waals surface area contributed by atoms with E-state index in [9.17, 15) is 4.79 Å². The molecule has 1 amide bonds. The quantitative estimate of drug-likeness (QED) is 0.205. The molecule has 4 nitrogen and oxygen atoms in total. The number of fused-ring (bicyclic) bond motifs is 1. The molecule has 5 heteroatoms. The van der Waals surface area contributed by atoms with Crippen LogP contribution in [0.2, 0.25) is 0 Å². The molecule has 0 saturated carbocycles. The molecule has 4 aromatic rings. The summed E-state index contributed by atoms with van der Waals surface area (Å²) in [4.78, 5) is 12.2. The maximum atomic E-state index is 12.2. The van der Waals surface area contributed by atoms with E-state index in [0.717, 1.165) is 14.7 Å². The summed E-state index contributed by atoms with van der Waals surface area (Å²) < 4.78 is 7.16. The van der Waals surface area contributed by atoms with Crippen LogP contribution in [0.15, 0.2) is 96.1 Å². The van der Waals surface area contributed by atoms with Crippen molar-refractivity contribution < 1.29 is 9.53 Å². The number of nitrogens with zero attached hydrogens (tertiary/aromatic N) is 1. The van der Waals surface area contributed by atoms with Gasteiger partial charge in [-0.25, -0.2) is 5.43 Å². The van der Waals surface area contributed by atoms with Crippen LogP contribution in [-0.4, -0.2) is 12.1 Å². The molecule has 1 N–H and O–H groups in total. The highest BCUT2D eigenvalue weighted by molar-refractivity contribution is 14.1. The Morgan fingerprint density at radius 3 is 2.50 bits per heavy atom. The number of para-hydroxylation sites is 1. The average molecular weight is 506 g/mol. The van der Waals surface area contributed by atoms with Crippen LogP contribution in [-0.2, 0) is 6.61 Å². The summed E-state index contributed by atoms with van der Waals surface area (Å²) >= 11 is 2.20. The van der Waals surface area contributed by atoms with Crippen LogP contribution in [0.5, 0.6) is 5.75 Å². The lowest BCUT2D eigenvalue weighted by Gasteiger charge is -2.11. The molecule has 0 heterocycles. The van der Waals surface area contributed by atoms with Gasteiger partial charge in [0.1, 0.15) is 12.4 Å². The smallest absolute Gasteiger partial charge is 0.271 e. The zero-order chi connectivity index (χ0) is 20.8. The van der Waals surface area contributed by atoms with Crippen molar-refractivity contribution in [2.45, 2.75) is 6.61 Å². The molecule has 0 aromatic heterocycles. The van der Waals surface area contributed by atoms with E-state index in [1.807, 2.05) is 54.6 Å². The molecular formula is C25H19IN2O2. The van der Waals surface area contributed by atoms with Gasteiger partial charge in [0, 0.05) is 14.7 Å². The van der Waals surface area contributed by atoms with Crippen LogP contribution in [0.25, 0.3) is 10.8 Å². The Balaban J connectivity index is 1.45. The number of ether oxygens (including phenoxy) is 1. The Morgan fingerprint density at radius 1 is 0.900 bits per heavy atom. The highest BCUT2D eigenvalue weighted by Crippen LogP contribution is 2.22. The van der Waals surface area contributed by atoms with Gasteiger partial charge in [-0.05, 0) is 75.3 Å². The first-order valence-electron chi connectivity index (χ1n) is 9.48. The van der Waals surface area contributed by atoms with Gasteiger partial charge in [0.25, 0.3) is 5.91 Å². The fourth-order valence-electron chi connectivity index (χ4n) is 3.12. The number of amides is 1. The summed E-state index contributed by atoms with van der Waals surface area (Å²) in [6, 6.07) is 29.4. The number of carbonyl (C=O) groups excluding carboxylic acids is 1. The lowest BCUT2D eigenvalue weighted by Crippen LogP contribution is -2.17. The molecule has 0 aliphatic heterocycles. The van der Waals surface area contributed by atoms with Crippen LogP contribution in [0.1, 0.15) is 21.5 Å². The van der Waals surface area contributed by atoms with Crippen LogP contribution in [0.4, 0.5) is 0 Å². The third-order valence-electron chi connectivity index (χ3n) is 4.66. The van der Waals surface area contributed by atoms with Gasteiger partial charge in [-0.2, -0.15) is 5.10 Å². The highest BCUT2D eigenvalue weighted by atomic mass is 127. The van der Waals surface area contributed by atoms with E-state index in [0.29, 0.717) is 17.9 Å². The van der Waals surface area contributed by atoms with Crippen LogP contribution in [0.3, 0.4) is 0 Å². The maximum absolute atomic E-state index is 12.2. The van der Waals surface area contributed by atoms with Gasteiger partial charge in [-0.1, -0.05) is 54.6 Å². The lowest BCUT2D eigenvalue weighted by molar-refractivity contribution is 0.0955. The molecule has 0 saturated heterocycles. The molecule has 4 aromatic carbocycles. The first-order valence-corrected chi connectivity index (χ1v) is 10.6. The Labute approximate surface area is 188 Å². The van der Waals surface area contributed by atoms with E-state index in [-0.39, 0.29) is 5.91 Å². The van der Waals surface area contributed by atoms with E-state index in [1.54, 1.807) is 18.3 Å². The van der Waals surface area contributed by atoms with Crippen molar-refractivity contribution in [3.05, 3.63) is 111 Å². The summed E-state index contributed by atoms with van der Waals surface area (Å²) in [6.07, 6.45) is 1.60. The van der Waals surface area contributed by atoms with Gasteiger partial charge in [-0.15, -0.1) is 0 Å². The lowest BCUT2D eigenvalue weighted by atomic mass is 10.1. The molecule has 148 valence electrons. The van der Waals surface area contributed by atoms with E-state index in [1.165, 1.54) is 10.8 Å². The van der Waals surface area contributed by atoms with Gasteiger partial charge in [0.15, 0.2) is 0 Å². The van der Waals surface area contributed by atoms with Gasteiger partial charge in [0.2, 0.25) is 0 Å². The van der Waals surface area contributed by atoms with Crippen molar-refractivity contribution in [3.8, 4) is 5.75 Å².